The summed E-state index contributed by atoms with van der Waals surface area (Å²) in [6.45, 7) is 20.0. The molecule has 0 saturated heterocycles. The Morgan fingerprint density at radius 3 is 1.46 bits per heavy atom. The second-order valence-corrected chi connectivity index (χ2v) is 9.12. The summed E-state index contributed by atoms with van der Waals surface area (Å²) in [7, 11) is 3.61. The largest absolute Gasteiger partial charge is 0.232 e. The fraction of sp³-hybridized carbons (Fsp3) is 0.810. The molecule has 4 aromatic rings. The van der Waals surface area contributed by atoms with Gasteiger partial charge in [-0.25, -0.2) is 9.36 Å². The zero-order valence-electron chi connectivity index (χ0n) is 23.5. The van der Waals surface area contributed by atoms with Gasteiger partial charge in [0.15, 0.2) is 17.5 Å². The Kier molecular flexibility index (Phi) is 14.5. The SMILES string of the molecule is C.CC(C)c1nnn(C)n1.CC(C)c1nnnn1C.Cc1nnn(C(C)C)n1.Cc1nnnn1C(C)C. The second-order valence-electron chi connectivity index (χ2n) is 9.12. The summed E-state index contributed by atoms with van der Waals surface area (Å²) >= 11 is 0. The molecule has 0 aliphatic rings. The van der Waals surface area contributed by atoms with E-state index in [-0.39, 0.29) is 7.43 Å². The van der Waals surface area contributed by atoms with Crippen LogP contribution in [0.3, 0.4) is 0 Å². The quantitative estimate of drug-likeness (QED) is 0.385. The lowest BCUT2D eigenvalue weighted by Crippen LogP contribution is -2.04. The molecule has 0 bridgehead atoms. The normalized spacial score (nSPS) is 10.4. The Labute approximate surface area is 219 Å². The number of hydrogen-bond acceptors (Lipinski definition) is 12. The third kappa shape index (κ3) is 11.7. The molecule has 4 rings (SSSR count). The fourth-order valence-electron chi connectivity index (χ4n) is 2.49. The molecule has 0 saturated carbocycles. The van der Waals surface area contributed by atoms with Crippen molar-refractivity contribution in [3.05, 3.63) is 23.3 Å². The van der Waals surface area contributed by atoms with E-state index < -0.39 is 0 Å². The number of aromatic nitrogens is 16. The highest BCUT2D eigenvalue weighted by Crippen LogP contribution is 2.06. The van der Waals surface area contributed by atoms with Crippen LogP contribution in [0.25, 0.3) is 0 Å². The second kappa shape index (κ2) is 16.1. The van der Waals surface area contributed by atoms with Crippen LogP contribution in [-0.4, -0.2) is 80.8 Å². The van der Waals surface area contributed by atoms with Crippen LogP contribution in [0, 0.1) is 13.8 Å². The van der Waals surface area contributed by atoms with Gasteiger partial charge >= 0.3 is 0 Å². The molecule has 208 valence electrons. The maximum atomic E-state index is 4.00. The van der Waals surface area contributed by atoms with Gasteiger partial charge in [-0.05, 0) is 72.8 Å². The van der Waals surface area contributed by atoms with Crippen molar-refractivity contribution in [1.29, 1.82) is 0 Å². The highest BCUT2D eigenvalue weighted by molar-refractivity contribution is 4.86. The van der Waals surface area contributed by atoms with Crippen molar-refractivity contribution < 1.29 is 0 Å². The van der Waals surface area contributed by atoms with Crippen molar-refractivity contribution in [3.8, 4) is 0 Å². The van der Waals surface area contributed by atoms with Gasteiger partial charge in [0, 0.05) is 18.9 Å². The molecule has 0 spiro atoms. The first kappa shape index (κ1) is 33.3. The molecular formula is C21H44N16. The lowest BCUT2D eigenvalue weighted by molar-refractivity contribution is 0.454. The van der Waals surface area contributed by atoms with Crippen LogP contribution in [0.2, 0.25) is 0 Å². The zero-order chi connectivity index (χ0) is 27.4. The van der Waals surface area contributed by atoms with Crippen molar-refractivity contribution in [2.24, 2.45) is 14.1 Å². The van der Waals surface area contributed by atoms with Crippen LogP contribution in [0.15, 0.2) is 0 Å². The lowest BCUT2D eigenvalue weighted by Gasteiger charge is -2.02. The predicted octanol–water partition coefficient (Wildman–Crippen LogP) is 2.43. The first-order chi connectivity index (χ1) is 16.8. The highest BCUT2D eigenvalue weighted by Gasteiger charge is 2.05. The van der Waals surface area contributed by atoms with E-state index in [1.807, 2.05) is 62.4 Å². The number of hydrogen-bond donors (Lipinski definition) is 0. The molecule has 0 aromatic carbocycles. The average Bonchev–Trinajstić information content (AvgIpc) is 3.58. The van der Waals surface area contributed by atoms with E-state index >= 15 is 0 Å². The van der Waals surface area contributed by atoms with E-state index in [2.05, 4.69) is 75.7 Å². The van der Waals surface area contributed by atoms with Crippen molar-refractivity contribution in [3.63, 3.8) is 0 Å². The molecule has 0 aliphatic carbocycles. The van der Waals surface area contributed by atoms with Gasteiger partial charge in [-0.15, -0.1) is 30.6 Å². The van der Waals surface area contributed by atoms with Gasteiger partial charge < -0.3 is 0 Å². The Balaban J connectivity index is 0.000000463. The summed E-state index contributed by atoms with van der Waals surface area (Å²) in [5.74, 6) is 4.10. The summed E-state index contributed by atoms with van der Waals surface area (Å²) in [4.78, 5) is 3.06. The topological polar surface area (TPSA) is 174 Å². The number of aryl methyl sites for hydroxylation is 4. The molecule has 0 atom stereocenters. The summed E-state index contributed by atoms with van der Waals surface area (Å²) in [5, 5.41) is 45.1. The lowest BCUT2D eigenvalue weighted by atomic mass is 10.2. The highest BCUT2D eigenvalue weighted by atomic mass is 15.6. The number of nitrogens with zero attached hydrogens (tertiary/aromatic N) is 16. The van der Waals surface area contributed by atoms with E-state index in [0.29, 0.717) is 23.9 Å². The summed E-state index contributed by atoms with van der Waals surface area (Å²) in [6, 6.07) is 0.672. The van der Waals surface area contributed by atoms with E-state index in [4.69, 9.17) is 0 Å². The van der Waals surface area contributed by atoms with Gasteiger partial charge in [0.1, 0.15) is 5.82 Å². The standard InChI is InChI=1S/4C5H10N4.CH4/c1-4(2)5-6-7-8-9(5)3;1-4(2)5-6-8-9(3)7-5;1-4(2)9-5(3)6-7-8-9;1-4(2)9-7-5(3)6-8-9;/h4*4H,1-3H3;1H4. The van der Waals surface area contributed by atoms with Crippen molar-refractivity contribution >= 4 is 0 Å². The molecule has 0 N–H and O–H groups in total. The van der Waals surface area contributed by atoms with Gasteiger partial charge in [-0.3, -0.25) is 0 Å². The van der Waals surface area contributed by atoms with E-state index in [1.165, 1.54) is 4.80 Å². The van der Waals surface area contributed by atoms with Gasteiger partial charge in [-0.2, -0.15) is 9.59 Å². The smallest absolute Gasteiger partial charge is 0.177 e. The molecule has 0 aliphatic heterocycles. The molecule has 0 fully saturated rings. The predicted molar refractivity (Wildman–Crippen MR) is 138 cm³/mol. The molecule has 4 heterocycles. The van der Waals surface area contributed by atoms with Gasteiger partial charge in [0.25, 0.3) is 0 Å². The maximum absolute atomic E-state index is 4.00. The van der Waals surface area contributed by atoms with Crippen molar-refractivity contribution in [2.45, 2.75) is 101 Å². The fourth-order valence-corrected chi connectivity index (χ4v) is 2.49. The molecule has 0 amide bonds. The first-order valence-electron chi connectivity index (χ1n) is 11.8. The van der Waals surface area contributed by atoms with Crippen LogP contribution in [0.5, 0.6) is 0 Å². The summed E-state index contributed by atoms with van der Waals surface area (Å²) in [6.07, 6.45) is 0. The van der Waals surface area contributed by atoms with Gasteiger partial charge in [0.2, 0.25) is 0 Å². The minimum atomic E-state index is 0. The molecular weight excluding hydrogens is 476 g/mol. The molecule has 4 aromatic heterocycles. The van der Waals surface area contributed by atoms with Crippen LogP contribution in [-0.2, 0) is 14.1 Å². The number of rotatable bonds is 4. The van der Waals surface area contributed by atoms with E-state index in [0.717, 1.165) is 23.3 Å². The van der Waals surface area contributed by atoms with Crippen LogP contribution in [0.1, 0.15) is 110 Å². The van der Waals surface area contributed by atoms with Crippen molar-refractivity contribution in [2.75, 3.05) is 0 Å². The zero-order valence-corrected chi connectivity index (χ0v) is 23.5. The first-order valence-corrected chi connectivity index (χ1v) is 11.8. The average molecular weight is 521 g/mol. The molecule has 16 heteroatoms. The minimum absolute atomic E-state index is 0. The monoisotopic (exact) mass is 520 g/mol. The third-order valence-corrected chi connectivity index (χ3v) is 4.35. The third-order valence-electron chi connectivity index (χ3n) is 4.35. The molecule has 37 heavy (non-hydrogen) atoms. The van der Waals surface area contributed by atoms with Crippen molar-refractivity contribution in [1.82, 2.24) is 80.8 Å². The van der Waals surface area contributed by atoms with Crippen LogP contribution < -0.4 is 0 Å². The van der Waals surface area contributed by atoms with Gasteiger partial charge in [0.05, 0.1) is 19.1 Å². The van der Waals surface area contributed by atoms with Gasteiger partial charge in [-0.1, -0.05) is 35.1 Å². The van der Waals surface area contributed by atoms with E-state index in [9.17, 15) is 0 Å². The number of tetrazole rings is 4. The Hall–Kier alpha value is -3.72. The summed E-state index contributed by atoms with van der Waals surface area (Å²) in [5.41, 5.74) is 0. The van der Waals surface area contributed by atoms with E-state index in [1.54, 1.807) is 21.2 Å². The van der Waals surface area contributed by atoms with Crippen LogP contribution in [0.4, 0.5) is 0 Å². The Morgan fingerprint density at radius 1 is 0.622 bits per heavy atom. The molecule has 0 radical (unpaired) electrons. The van der Waals surface area contributed by atoms with Crippen LogP contribution >= 0.6 is 0 Å². The maximum Gasteiger partial charge on any atom is 0.177 e. The Morgan fingerprint density at radius 2 is 1.24 bits per heavy atom. The minimum Gasteiger partial charge on any atom is -0.232 e. The summed E-state index contributed by atoms with van der Waals surface area (Å²) < 4.78 is 3.46. The molecule has 0 unspecified atom stereocenters. The molecule has 16 nitrogen and oxygen atoms in total. The Bertz CT molecular complexity index is 1030.